The van der Waals surface area contributed by atoms with Crippen molar-refractivity contribution in [1.29, 1.82) is 0 Å². The minimum absolute atomic E-state index is 0.0960. The van der Waals surface area contributed by atoms with Gasteiger partial charge in [0.25, 0.3) is 11.8 Å². The second-order valence-electron chi connectivity index (χ2n) is 8.67. The highest BCUT2D eigenvalue weighted by atomic mass is 16.5. The molecule has 3 aliphatic rings. The first-order chi connectivity index (χ1) is 15.5. The van der Waals surface area contributed by atoms with Crippen molar-refractivity contribution in [2.24, 2.45) is 0 Å². The third kappa shape index (κ3) is 2.90. The van der Waals surface area contributed by atoms with Crippen LogP contribution >= 0.6 is 0 Å². The number of hydrogen-bond acceptors (Lipinski definition) is 7. The van der Waals surface area contributed by atoms with Gasteiger partial charge in [-0.2, -0.15) is 5.10 Å². The van der Waals surface area contributed by atoms with Gasteiger partial charge in [0.1, 0.15) is 11.4 Å². The number of morpholine rings is 1. The van der Waals surface area contributed by atoms with E-state index in [0.29, 0.717) is 41.7 Å². The first-order valence-corrected chi connectivity index (χ1v) is 10.6. The molecule has 2 amide bonds. The molecule has 0 spiro atoms. The van der Waals surface area contributed by atoms with Crippen molar-refractivity contribution in [3.63, 3.8) is 0 Å². The van der Waals surface area contributed by atoms with Crippen LogP contribution in [-0.4, -0.2) is 65.8 Å². The van der Waals surface area contributed by atoms with Gasteiger partial charge >= 0.3 is 0 Å². The normalized spacial score (nSPS) is 21.2. The number of carbonyl (C=O) groups excluding carboxylic acids is 2. The third-order valence-corrected chi connectivity index (χ3v) is 6.43. The molecular weight excluding hydrogens is 410 g/mol. The SMILES string of the molecule is CN(C)c1cc2c(cc1NC(=O)c1cnn3ccc(N4C[C@H]5C[C@@H]4CO5)nc13)CNC2=O. The van der Waals surface area contributed by atoms with Gasteiger partial charge in [-0.15, -0.1) is 0 Å². The van der Waals surface area contributed by atoms with E-state index in [4.69, 9.17) is 9.72 Å². The summed E-state index contributed by atoms with van der Waals surface area (Å²) >= 11 is 0. The number of ether oxygens (including phenoxy) is 1. The van der Waals surface area contributed by atoms with Gasteiger partial charge in [-0.3, -0.25) is 9.59 Å². The molecule has 10 heteroatoms. The molecule has 3 aliphatic heterocycles. The Morgan fingerprint density at radius 2 is 2.22 bits per heavy atom. The maximum absolute atomic E-state index is 13.2. The highest BCUT2D eigenvalue weighted by Gasteiger charge is 2.39. The summed E-state index contributed by atoms with van der Waals surface area (Å²) in [5.74, 6) is 0.441. The van der Waals surface area contributed by atoms with E-state index in [2.05, 4.69) is 20.6 Å². The van der Waals surface area contributed by atoms with E-state index in [0.717, 1.165) is 30.0 Å². The van der Waals surface area contributed by atoms with Gasteiger partial charge in [0, 0.05) is 38.9 Å². The Balaban J connectivity index is 1.33. The molecular formula is C22H23N7O3. The van der Waals surface area contributed by atoms with E-state index in [1.165, 1.54) is 6.20 Å². The van der Waals surface area contributed by atoms with Crippen LogP contribution in [-0.2, 0) is 11.3 Å². The van der Waals surface area contributed by atoms with Gasteiger partial charge < -0.3 is 25.2 Å². The molecule has 10 nitrogen and oxygen atoms in total. The molecule has 0 aliphatic carbocycles. The van der Waals surface area contributed by atoms with Crippen molar-refractivity contribution in [3.05, 3.63) is 47.3 Å². The van der Waals surface area contributed by atoms with Crippen molar-refractivity contribution >= 4 is 34.7 Å². The van der Waals surface area contributed by atoms with Crippen LogP contribution in [0, 0.1) is 0 Å². The van der Waals surface area contributed by atoms with Crippen molar-refractivity contribution in [1.82, 2.24) is 19.9 Å². The number of carbonyl (C=O) groups is 2. The summed E-state index contributed by atoms with van der Waals surface area (Å²) in [5, 5.41) is 10.1. The Morgan fingerprint density at radius 3 is 2.97 bits per heavy atom. The lowest BCUT2D eigenvalue weighted by molar-refractivity contribution is 0.0964. The van der Waals surface area contributed by atoms with Crippen molar-refractivity contribution in [2.45, 2.75) is 25.1 Å². The van der Waals surface area contributed by atoms with E-state index in [1.807, 2.05) is 43.4 Å². The zero-order valence-corrected chi connectivity index (χ0v) is 17.8. The number of amides is 2. The number of fused-ring (bicyclic) bond motifs is 4. The summed E-state index contributed by atoms with van der Waals surface area (Å²) < 4.78 is 7.31. The molecule has 0 unspecified atom stereocenters. The molecule has 2 atom stereocenters. The summed E-state index contributed by atoms with van der Waals surface area (Å²) in [6.07, 6.45) is 4.65. The standard InChI is InChI=1S/C22H23N7O3/c1-27(2)18-7-15-12(8-23-21(15)30)5-17(18)25-22(31)16-9-24-29-4-3-19(26-20(16)29)28-10-14-6-13(28)11-32-14/h3-5,7,9,13-14H,6,8,10-11H2,1-2H3,(H,23,30)(H,25,31)/t13-,14-/m1/s1. The first kappa shape index (κ1) is 19.1. The lowest BCUT2D eigenvalue weighted by atomic mass is 10.1. The number of hydrogen-bond donors (Lipinski definition) is 2. The van der Waals surface area contributed by atoms with Gasteiger partial charge in [0.05, 0.1) is 36.3 Å². The van der Waals surface area contributed by atoms with Gasteiger partial charge in [-0.1, -0.05) is 0 Å². The molecule has 2 N–H and O–H groups in total. The van der Waals surface area contributed by atoms with Crippen LogP contribution in [0.15, 0.2) is 30.6 Å². The summed E-state index contributed by atoms with van der Waals surface area (Å²) in [5.41, 5.74) is 3.80. The Kier molecular flexibility index (Phi) is 4.12. The molecule has 0 saturated carbocycles. The van der Waals surface area contributed by atoms with Gasteiger partial charge in [0.15, 0.2) is 5.65 Å². The summed E-state index contributed by atoms with van der Waals surface area (Å²) in [6.45, 7) is 1.98. The van der Waals surface area contributed by atoms with Crippen LogP contribution in [0.1, 0.15) is 32.7 Å². The van der Waals surface area contributed by atoms with Crippen LogP contribution in [0.4, 0.5) is 17.2 Å². The summed E-state index contributed by atoms with van der Waals surface area (Å²) in [6, 6.07) is 5.92. The van der Waals surface area contributed by atoms with E-state index in [1.54, 1.807) is 4.52 Å². The van der Waals surface area contributed by atoms with E-state index < -0.39 is 0 Å². The number of anilines is 3. The largest absolute Gasteiger partial charge is 0.376 e. The number of aromatic nitrogens is 3. The predicted octanol–water partition coefficient (Wildman–Crippen LogP) is 1.27. The molecule has 6 rings (SSSR count). The monoisotopic (exact) mass is 433 g/mol. The Hall–Kier alpha value is -3.66. The fourth-order valence-corrected chi connectivity index (χ4v) is 4.78. The zero-order chi connectivity index (χ0) is 22.0. The number of benzene rings is 1. The van der Waals surface area contributed by atoms with Gasteiger partial charge in [-0.05, 0) is 30.2 Å². The minimum atomic E-state index is -0.295. The van der Waals surface area contributed by atoms with E-state index in [9.17, 15) is 9.59 Å². The number of nitrogens with zero attached hydrogens (tertiary/aromatic N) is 5. The molecule has 2 fully saturated rings. The maximum Gasteiger partial charge on any atom is 0.261 e. The molecule has 0 radical (unpaired) electrons. The van der Waals surface area contributed by atoms with E-state index >= 15 is 0 Å². The molecule has 164 valence electrons. The lowest BCUT2D eigenvalue weighted by Crippen LogP contribution is -2.37. The molecule has 3 aromatic rings. The minimum Gasteiger partial charge on any atom is -0.376 e. The number of rotatable bonds is 4. The molecule has 2 bridgehead atoms. The quantitative estimate of drug-likeness (QED) is 0.639. The fourth-order valence-electron chi connectivity index (χ4n) is 4.78. The van der Waals surface area contributed by atoms with Crippen LogP contribution in [0.2, 0.25) is 0 Å². The van der Waals surface area contributed by atoms with Crippen LogP contribution in [0.3, 0.4) is 0 Å². The average Bonchev–Trinajstić information content (AvgIpc) is 3.56. The van der Waals surface area contributed by atoms with Crippen molar-refractivity contribution in [3.8, 4) is 0 Å². The molecule has 1 aromatic carbocycles. The third-order valence-electron chi connectivity index (χ3n) is 6.43. The summed E-state index contributed by atoms with van der Waals surface area (Å²) in [4.78, 5) is 34.2. The average molecular weight is 433 g/mol. The molecule has 5 heterocycles. The smallest absolute Gasteiger partial charge is 0.261 e. The summed E-state index contributed by atoms with van der Waals surface area (Å²) in [7, 11) is 3.75. The zero-order valence-electron chi connectivity index (χ0n) is 17.8. The Morgan fingerprint density at radius 1 is 1.34 bits per heavy atom. The number of nitrogens with one attached hydrogen (secondary N) is 2. The second kappa shape index (κ2) is 6.92. The predicted molar refractivity (Wildman–Crippen MR) is 118 cm³/mol. The molecule has 32 heavy (non-hydrogen) atoms. The van der Waals surface area contributed by atoms with Gasteiger partial charge in [0.2, 0.25) is 0 Å². The first-order valence-electron chi connectivity index (χ1n) is 10.6. The molecule has 2 saturated heterocycles. The van der Waals surface area contributed by atoms with E-state index in [-0.39, 0.29) is 17.9 Å². The second-order valence-corrected chi connectivity index (χ2v) is 8.67. The van der Waals surface area contributed by atoms with Crippen molar-refractivity contribution in [2.75, 3.05) is 42.4 Å². The Bertz CT molecular complexity index is 1270. The highest BCUT2D eigenvalue weighted by Crippen LogP contribution is 2.33. The topological polar surface area (TPSA) is 104 Å². The van der Waals surface area contributed by atoms with Crippen LogP contribution in [0.25, 0.3) is 5.65 Å². The lowest BCUT2D eigenvalue weighted by Gasteiger charge is -2.27. The molecule has 2 aromatic heterocycles. The maximum atomic E-state index is 13.2. The fraction of sp³-hybridized carbons (Fsp3) is 0.364. The van der Waals surface area contributed by atoms with Crippen LogP contribution in [0.5, 0.6) is 0 Å². The van der Waals surface area contributed by atoms with Gasteiger partial charge in [-0.25, -0.2) is 9.50 Å². The van der Waals surface area contributed by atoms with Crippen molar-refractivity contribution < 1.29 is 14.3 Å². The Labute approximate surface area is 184 Å². The highest BCUT2D eigenvalue weighted by molar-refractivity contribution is 6.10. The van der Waals surface area contributed by atoms with Crippen LogP contribution < -0.4 is 20.4 Å².